The first-order chi connectivity index (χ1) is 19.0. The maximum atomic E-state index is 14.6. The minimum atomic E-state index is -4.54. The van der Waals surface area contributed by atoms with Crippen LogP contribution in [-0.2, 0) is 13.1 Å². The van der Waals surface area contributed by atoms with Crippen LogP contribution in [0.1, 0.15) is 42.7 Å². The van der Waals surface area contributed by atoms with Crippen LogP contribution in [0.2, 0.25) is 0 Å². The molecule has 4 aromatic rings. The fraction of sp³-hybridized carbons (Fsp3) is 0.423. The number of aromatic nitrogens is 5. The Kier molecular flexibility index (Phi) is 7.45. The Bertz CT molecular complexity index is 1550. The Morgan fingerprint density at radius 2 is 2.10 bits per heavy atom. The molecule has 1 aliphatic heterocycles. The Labute approximate surface area is 226 Å². The van der Waals surface area contributed by atoms with Crippen molar-refractivity contribution < 1.29 is 26.9 Å². The minimum Gasteiger partial charge on any atom is -0.342 e. The summed E-state index contributed by atoms with van der Waals surface area (Å²) in [5.74, 6) is -0.549. The van der Waals surface area contributed by atoms with E-state index in [2.05, 4.69) is 25.4 Å². The van der Waals surface area contributed by atoms with Gasteiger partial charge in [0, 0.05) is 37.1 Å². The molecule has 5 rings (SSSR count). The largest absolute Gasteiger partial charge is 0.406 e. The zero-order chi connectivity index (χ0) is 28.6. The number of halogens is 4. The van der Waals surface area contributed by atoms with Crippen LogP contribution < -0.4 is 5.32 Å². The summed E-state index contributed by atoms with van der Waals surface area (Å²) in [7, 11) is 1.82. The predicted octanol–water partition coefficient (Wildman–Crippen LogP) is 4.71. The highest BCUT2D eigenvalue weighted by atomic mass is 19.4. The van der Waals surface area contributed by atoms with E-state index in [0.29, 0.717) is 29.8 Å². The smallest absolute Gasteiger partial charge is 0.342 e. The lowest BCUT2D eigenvalue weighted by Gasteiger charge is -2.26. The molecule has 1 atom stereocenters. The lowest BCUT2D eigenvalue weighted by molar-refractivity contribution is -0.139. The van der Waals surface area contributed by atoms with Crippen molar-refractivity contribution >= 4 is 28.2 Å². The average molecular weight is 561 g/mol. The molecule has 0 aliphatic carbocycles. The number of rotatable bonds is 7. The molecule has 212 valence electrons. The van der Waals surface area contributed by atoms with Crippen LogP contribution in [-0.4, -0.2) is 73.3 Å². The highest BCUT2D eigenvalue weighted by molar-refractivity contribution is 5.99. The van der Waals surface area contributed by atoms with Gasteiger partial charge in [-0.15, -0.1) is 0 Å². The standard InChI is InChI=1S/C26H28F4N8O2/c1-15(2)37-12-20(32-14-37)25(39)31-10-23-34-24(35-40-23)22-9-16-18(33-19-7-8-36(3)11-17(19)27)5-4-6-21(16)38(22)13-26(28,29)30/h4-6,9,12,14-15,17H,7-8,10-11,13H2,1-3H3,(H,31,39)/t17-/m0/s1. The van der Waals surface area contributed by atoms with Gasteiger partial charge >= 0.3 is 6.18 Å². The molecular weight excluding hydrogens is 532 g/mol. The van der Waals surface area contributed by atoms with Crippen LogP contribution in [0.4, 0.5) is 23.2 Å². The predicted molar refractivity (Wildman–Crippen MR) is 139 cm³/mol. The molecule has 1 fully saturated rings. The monoisotopic (exact) mass is 560 g/mol. The summed E-state index contributed by atoms with van der Waals surface area (Å²) in [6, 6.07) is 6.38. The van der Waals surface area contributed by atoms with E-state index in [0.717, 1.165) is 4.57 Å². The summed E-state index contributed by atoms with van der Waals surface area (Å²) in [5, 5.41) is 6.89. The van der Waals surface area contributed by atoms with Gasteiger partial charge in [-0.1, -0.05) is 11.2 Å². The maximum absolute atomic E-state index is 14.6. The van der Waals surface area contributed by atoms with Gasteiger partial charge in [0.15, 0.2) is 6.17 Å². The second kappa shape index (κ2) is 10.8. The Morgan fingerprint density at radius 1 is 1.30 bits per heavy atom. The van der Waals surface area contributed by atoms with Gasteiger partial charge < -0.3 is 23.9 Å². The van der Waals surface area contributed by atoms with Crippen molar-refractivity contribution in [1.29, 1.82) is 0 Å². The summed E-state index contributed by atoms with van der Waals surface area (Å²) in [4.78, 5) is 27.1. The van der Waals surface area contributed by atoms with Crippen LogP contribution in [0.15, 0.2) is 46.3 Å². The molecule has 0 spiro atoms. The third kappa shape index (κ3) is 5.91. The van der Waals surface area contributed by atoms with E-state index in [1.165, 1.54) is 12.1 Å². The SMILES string of the molecule is CC(C)n1cnc(C(=O)NCc2nc(-c3cc4c(N=C5CCN(C)C[C@@H]5F)cccc4n3CC(F)(F)F)no2)c1. The van der Waals surface area contributed by atoms with Crippen molar-refractivity contribution in [2.45, 2.75) is 51.7 Å². The summed E-state index contributed by atoms with van der Waals surface area (Å²) >= 11 is 0. The lowest BCUT2D eigenvalue weighted by Crippen LogP contribution is -2.39. The number of nitrogens with one attached hydrogen (secondary N) is 1. The first-order valence-electron chi connectivity index (χ1n) is 12.7. The molecule has 4 heterocycles. The molecule has 14 heteroatoms. The van der Waals surface area contributed by atoms with Crippen molar-refractivity contribution in [2.75, 3.05) is 20.1 Å². The highest BCUT2D eigenvalue weighted by Crippen LogP contribution is 2.35. The Balaban J connectivity index is 1.44. The molecule has 1 aliphatic rings. The second-order valence-corrected chi connectivity index (χ2v) is 10.0. The van der Waals surface area contributed by atoms with Gasteiger partial charge in [-0.2, -0.15) is 18.2 Å². The quantitative estimate of drug-likeness (QED) is 0.328. The number of carbonyl (C=O) groups excluding carboxylic acids is 1. The van der Waals surface area contributed by atoms with E-state index < -0.39 is 24.8 Å². The summed E-state index contributed by atoms with van der Waals surface area (Å²) < 4.78 is 63.5. The number of fused-ring (bicyclic) bond motifs is 1. The third-order valence-electron chi connectivity index (χ3n) is 6.64. The molecule has 0 radical (unpaired) electrons. The Hall–Kier alpha value is -4.07. The zero-order valence-corrected chi connectivity index (χ0v) is 22.1. The summed E-state index contributed by atoms with van der Waals surface area (Å²) in [6.45, 7) is 3.29. The maximum Gasteiger partial charge on any atom is 0.406 e. The van der Waals surface area contributed by atoms with E-state index in [1.807, 2.05) is 25.8 Å². The first kappa shape index (κ1) is 27.5. The van der Waals surface area contributed by atoms with Crippen molar-refractivity contribution in [2.24, 2.45) is 4.99 Å². The fourth-order valence-corrected chi connectivity index (χ4v) is 4.53. The number of hydrogen-bond acceptors (Lipinski definition) is 7. The number of likely N-dealkylation sites (tertiary alicyclic amines) is 1. The topological polar surface area (TPSA) is 106 Å². The van der Waals surface area contributed by atoms with Crippen molar-refractivity contribution in [3.8, 4) is 11.5 Å². The number of carbonyl (C=O) groups is 1. The second-order valence-electron chi connectivity index (χ2n) is 10.0. The van der Waals surface area contributed by atoms with Gasteiger partial charge in [0.2, 0.25) is 11.7 Å². The number of imidazole rings is 1. The number of hydrogen-bond donors (Lipinski definition) is 1. The number of amides is 1. The molecule has 1 N–H and O–H groups in total. The van der Waals surface area contributed by atoms with Crippen LogP contribution in [0.3, 0.4) is 0 Å². The number of benzene rings is 1. The van der Waals surface area contributed by atoms with E-state index in [4.69, 9.17) is 4.52 Å². The van der Waals surface area contributed by atoms with E-state index in [9.17, 15) is 22.4 Å². The number of piperidine rings is 1. The van der Waals surface area contributed by atoms with E-state index in [1.54, 1.807) is 29.2 Å². The van der Waals surface area contributed by atoms with Gasteiger partial charge in [-0.3, -0.25) is 9.79 Å². The van der Waals surface area contributed by atoms with Gasteiger partial charge in [0.1, 0.15) is 12.2 Å². The Morgan fingerprint density at radius 3 is 2.80 bits per heavy atom. The molecule has 1 saturated heterocycles. The van der Waals surface area contributed by atoms with Crippen molar-refractivity contribution in [1.82, 2.24) is 34.5 Å². The molecule has 0 unspecified atom stereocenters. The fourth-order valence-electron chi connectivity index (χ4n) is 4.53. The zero-order valence-electron chi connectivity index (χ0n) is 22.1. The molecule has 0 bridgehead atoms. The van der Waals surface area contributed by atoms with E-state index in [-0.39, 0.29) is 47.8 Å². The average Bonchev–Trinajstić information content (AvgIpc) is 3.63. The van der Waals surface area contributed by atoms with E-state index >= 15 is 0 Å². The van der Waals surface area contributed by atoms with Gasteiger partial charge in [0.05, 0.1) is 35.5 Å². The summed E-state index contributed by atoms with van der Waals surface area (Å²) in [5.41, 5.74) is 1.22. The third-order valence-corrected chi connectivity index (χ3v) is 6.64. The van der Waals surface area contributed by atoms with Crippen LogP contribution in [0.5, 0.6) is 0 Å². The van der Waals surface area contributed by atoms with Crippen molar-refractivity contribution in [3.05, 3.63) is 48.4 Å². The number of alkyl halides is 4. The van der Waals surface area contributed by atoms with Gasteiger partial charge in [-0.05, 0) is 39.1 Å². The number of aliphatic imine (C=N–C) groups is 1. The normalized spacial score (nSPS) is 17.8. The minimum absolute atomic E-state index is 0.00233. The molecule has 10 nitrogen and oxygen atoms in total. The molecule has 3 aromatic heterocycles. The molecular formula is C26H28F4N8O2. The van der Waals surface area contributed by atoms with Crippen LogP contribution >= 0.6 is 0 Å². The highest BCUT2D eigenvalue weighted by Gasteiger charge is 2.31. The van der Waals surface area contributed by atoms with Crippen LogP contribution in [0, 0.1) is 0 Å². The number of nitrogens with zero attached hydrogens (tertiary/aromatic N) is 7. The van der Waals surface area contributed by atoms with Crippen molar-refractivity contribution in [3.63, 3.8) is 0 Å². The summed E-state index contributed by atoms with van der Waals surface area (Å²) in [6.07, 6.45) is -2.24. The molecule has 0 saturated carbocycles. The molecule has 1 aromatic carbocycles. The van der Waals surface area contributed by atoms with Gasteiger partial charge in [0.25, 0.3) is 5.91 Å². The van der Waals surface area contributed by atoms with Gasteiger partial charge in [-0.25, -0.2) is 9.37 Å². The molecule has 1 amide bonds. The lowest BCUT2D eigenvalue weighted by atomic mass is 10.1. The first-order valence-corrected chi connectivity index (χ1v) is 12.7. The molecule has 40 heavy (non-hydrogen) atoms. The van der Waals surface area contributed by atoms with Crippen LogP contribution in [0.25, 0.3) is 22.4 Å².